The number of aryl methyl sites for hydroxylation is 1. The Hall–Kier alpha value is -1.90. The minimum atomic E-state index is 0.283. The van der Waals surface area contributed by atoms with Gasteiger partial charge in [-0.3, -0.25) is 4.79 Å². The van der Waals surface area contributed by atoms with E-state index in [1.807, 2.05) is 22.9 Å². The maximum atomic E-state index is 12.7. The van der Waals surface area contributed by atoms with E-state index < -0.39 is 0 Å². The first-order chi connectivity index (χ1) is 10.6. The molecule has 0 saturated heterocycles. The van der Waals surface area contributed by atoms with Gasteiger partial charge in [-0.1, -0.05) is 45.4 Å². The van der Waals surface area contributed by atoms with Gasteiger partial charge in [0.2, 0.25) is 0 Å². The molecule has 3 rings (SSSR count). The molecule has 0 spiro atoms. The van der Waals surface area contributed by atoms with Gasteiger partial charge in [0.15, 0.2) is 5.78 Å². The molecule has 0 bridgehead atoms. The Kier molecular flexibility index (Phi) is 4.14. The van der Waals surface area contributed by atoms with E-state index in [9.17, 15) is 4.79 Å². The standard InChI is InChI=1S/C19H24N2O/c1-4-8-16-19-17(11-14(13(2)3)12-18(19)22)21(20-16)15-9-6-5-7-10-15/h5-7,9-10,13-14H,4,8,11-12H2,1-3H3. The van der Waals surface area contributed by atoms with E-state index in [0.717, 1.165) is 41.9 Å². The summed E-state index contributed by atoms with van der Waals surface area (Å²) in [4.78, 5) is 12.7. The molecule has 116 valence electrons. The summed E-state index contributed by atoms with van der Waals surface area (Å²) < 4.78 is 2.01. The van der Waals surface area contributed by atoms with Crippen LogP contribution in [0.1, 0.15) is 55.4 Å². The lowest BCUT2D eigenvalue weighted by molar-refractivity contribution is 0.0931. The molecule has 1 atom stereocenters. The van der Waals surface area contributed by atoms with E-state index in [1.54, 1.807) is 0 Å². The van der Waals surface area contributed by atoms with Crippen LogP contribution in [0.4, 0.5) is 0 Å². The molecular formula is C19H24N2O. The van der Waals surface area contributed by atoms with Crippen LogP contribution in [0.15, 0.2) is 30.3 Å². The van der Waals surface area contributed by atoms with Crippen LogP contribution in [0, 0.1) is 11.8 Å². The van der Waals surface area contributed by atoms with Crippen molar-refractivity contribution in [1.29, 1.82) is 0 Å². The molecule has 1 aliphatic rings. The summed E-state index contributed by atoms with van der Waals surface area (Å²) in [5.41, 5.74) is 4.05. The number of rotatable bonds is 4. The topological polar surface area (TPSA) is 34.9 Å². The molecule has 1 aromatic heterocycles. The summed E-state index contributed by atoms with van der Waals surface area (Å²) in [6.45, 7) is 6.55. The molecule has 0 fully saturated rings. The van der Waals surface area contributed by atoms with Crippen LogP contribution < -0.4 is 0 Å². The fourth-order valence-corrected chi connectivity index (χ4v) is 3.34. The summed E-state index contributed by atoms with van der Waals surface area (Å²) in [5, 5.41) is 4.79. The molecule has 0 saturated carbocycles. The number of Topliss-reactive ketones (excluding diaryl/α,β-unsaturated/α-hetero) is 1. The second kappa shape index (κ2) is 6.07. The summed E-state index contributed by atoms with van der Waals surface area (Å²) in [7, 11) is 0. The Bertz CT molecular complexity index is 670. The predicted molar refractivity (Wildman–Crippen MR) is 88.5 cm³/mol. The number of carbonyl (C=O) groups excluding carboxylic acids is 1. The van der Waals surface area contributed by atoms with E-state index in [2.05, 4.69) is 32.9 Å². The van der Waals surface area contributed by atoms with Crippen LogP contribution in [0.5, 0.6) is 0 Å². The molecule has 0 N–H and O–H groups in total. The number of benzene rings is 1. The number of hydrogen-bond donors (Lipinski definition) is 0. The van der Waals surface area contributed by atoms with Gasteiger partial charge in [0.25, 0.3) is 0 Å². The number of nitrogens with zero attached hydrogens (tertiary/aromatic N) is 2. The lowest BCUT2D eigenvalue weighted by atomic mass is 9.79. The van der Waals surface area contributed by atoms with Crippen molar-refractivity contribution < 1.29 is 4.79 Å². The Balaban J connectivity index is 2.12. The van der Waals surface area contributed by atoms with Gasteiger partial charge < -0.3 is 0 Å². The van der Waals surface area contributed by atoms with Crippen LogP contribution in [0.2, 0.25) is 0 Å². The van der Waals surface area contributed by atoms with E-state index in [1.165, 1.54) is 0 Å². The minimum Gasteiger partial charge on any atom is -0.294 e. The maximum absolute atomic E-state index is 12.7. The first-order valence-corrected chi connectivity index (χ1v) is 8.31. The van der Waals surface area contributed by atoms with Crippen molar-refractivity contribution in [2.75, 3.05) is 0 Å². The van der Waals surface area contributed by atoms with Crippen molar-refractivity contribution >= 4 is 5.78 Å². The zero-order chi connectivity index (χ0) is 15.7. The second-order valence-corrected chi connectivity index (χ2v) is 6.60. The molecule has 0 aliphatic heterocycles. The fourth-order valence-electron chi connectivity index (χ4n) is 3.34. The average molecular weight is 296 g/mol. The van der Waals surface area contributed by atoms with Crippen molar-refractivity contribution in [2.45, 2.75) is 46.5 Å². The summed E-state index contributed by atoms with van der Waals surface area (Å²) in [6.07, 6.45) is 3.51. The highest BCUT2D eigenvalue weighted by molar-refractivity contribution is 5.99. The number of ketones is 1. The third-order valence-electron chi connectivity index (χ3n) is 4.67. The summed E-state index contributed by atoms with van der Waals surface area (Å²) in [5.74, 6) is 1.23. The smallest absolute Gasteiger partial charge is 0.166 e. The normalized spacial score (nSPS) is 17.8. The third kappa shape index (κ3) is 2.60. The third-order valence-corrected chi connectivity index (χ3v) is 4.67. The van der Waals surface area contributed by atoms with E-state index >= 15 is 0 Å². The number of hydrogen-bond acceptors (Lipinski definition) is 2. The Morgan fingerprint density at radius 2 is 1.95 bits per heavy atom. The molecule has 0 radical (unpaired) electrons. The highest BCUT2D eigenvalue weighted by Gasteiger charge is 2.33. The molecule has 1 heterocycles. The molecular weight excluding hydrogens is 272 g/mol. The molecule has 3 heteroatoms. The van der Waals surface area contributed by atoms with Crippen molar-refractivity contribution in [3.63, 3.8) is 0 Å². The van der Waals surface area contributed by atoms with Crippen molar-refractivity contribution in [2.24, 2.45) is 11.8 Å². The quantitative estimate of drug-likeness (QED) is 0.846. The molecule has 1 unspecified atom stereocenters. The van der Waals surface area contributed by atoms with Crippen molar-refractivity contribution in [1.82, 2.24) is 9.78 Å². The molecule has 3 nitrogen and oxygen atoms in total. The van der Waals surface area contributed by atoms with E-state index in [-0.39, 0.29) is 5.78 Å². The van der Waals surface area contributed by atoms with E-state index in [4.69, 9.17) is 5.10 Å². The van der Waals surface area contributed by atoms with Gasteiger partial charge in [-0.2, -0.15) is 5.10 Å². The first-order valence-electron chi connectivity index (χ1n) is 8.31. The van der Waals surface area contributed by atoms with Gasteiger partial charge in [0, 0.05) is 6.42 Å². The fraction of sp³-hybridized carbons (Fsp3) is 0.474. The number of para-hydroxylation sites is 1. The summed E-state index contributed by atoms with van der Waals surface area (Å²) in [6, 6.07) is 10.2. The van der Waals surface area contributed by atoms with Crippen molar-refractivity contribution in [3.8, 4) is 5.69 Å². The molecule has 1 aromatic carbocycles. The lowest BCUT2D eigenvalue weighted by Gasteiger charge is -2.25. The molecule has 2 aromatic rings. The Morgan fingerprint density at radius 1 is 1.23 bits per heavy atom. The Labute approximate surface area is 132 Å². The van der Waals surface area contributed by atoms with Crippen LogP contribution in [0.3, 0.4) is 0 Å². The number of fused-ring (bicyclic) bond motifs is 1. The highest BCUT2D eigenvalue weighted by Crippen LogP contribution is 2.33. The second-order valence-electron chi connectivity index (χ2n) is 6.60. The first kappa shape index (κ1) is 15.0. The van der Waals surface area contributed by atoms with Crippen molar-refractivity contribution in [3.05, 3.63) is 47.3 Å². The predicted octanol–water partition coefficient (Wildman–Crippen LogP) is 4.23. The van der Waals surface area contributed by atoms with Gasteiger partial charge in [0.1, 0.15) is 0 Å². The lowest BCUT2D eigenvalue weighted by Crippen LogP contribution is -2.25. The molecule has 22 heavy (non-hydrogen) atoms. The van der Waals surface area contributed by atoms with Gasteiger partial charge in [0.05, 0.1) is 22.6 Å². The van der Waals surface area contributed by atoms with Crippen LogP contribution in [0.25, 0.3) is 5.69 Å². The molecule has 0 amide bonds. The van der Waals surface area contributed by atoms with E-state index in [0.29, 0.717) is 18.3 Å². The average Bonchev–Trinajstić information content (AvgIpc) is 2.88. The largest absolute Gasteiger partial charge is 0.294 e. The number of carbonyl (C=O) groups is 1. The van der Waals surface area contributed by atoms with Crippen LogP contribution in [-0.4, -0.2) is 15.6 Å². The van der Waals surface area contributed by atoms with Gasteiger partial charge in [-0.25, -0.2) is 4.68 Å². The zero-order valence-corrected chi connectivity index (χ0v) is 13.7. The molecule has 1 aliphatic carbocycles. The Morgan fingerprint density at radius 3 is 2.59 bits per heavy atom. The van der Waals surface area contributed by atoms with Gasteiger partial charge in [-0.15, -0.1) is 0 Å². The van der Waals surface area contributed by atoms with Gasteiger partial charge in [-0.05, 0) is 36.8 Å². The number of aromatic nitrogens is 2. The maximum Gasteiger partial charge on any atom is 0.166 e. The van der Waals surface area contributed by atoms with Crippen LogP contribution >= 0.6 is 0 Å². The zero-order valence-electron chi connectivity index (χ0n) is 13.7. The summed E-state index contributed by atoms with van der Waals surface area (Å²) >= 11 is 0. The highest BCUT2D eigenvalue weighted by atomic mass is 16.1. The monoisotopic (exact) mass is 296 g/mol. The SMILES string of the molecule is CCCc1nn(-c2ccccc2)c2c1C(=O)CC(C(C)C)C2. The van der Waals surface area contributed by atoms with Gasteiger partial charge >= 0.3 is 0 Å². The van der Waals surface area contributed by atoms with Crippen LogP contribution in [-0.2, 0) is 12.8 Å². The minimum absolute atomic E-state index is 0.283.